The Kier molecular flexibility index (Phi) is 3.54. The number of fused-ring (bicyclic) bond motifs is 1. The number of halogens is 2. The van der Waals surface area contributed by atoms with Gasteiger partial charge in [-0.2, -0.15) is 0 Å². The van der Waals surface area contributed by atoms with Crippen molar-refractivity contribution < 1.29 is 0 Å². The van der Waals surface area contributed by atoms with Crippen molar-refractivity contribution in [1.29, 1.82) is 0 Å². The molecule has 4 heteroatoms. The van der Waals surface area contributed by atoms with Gasteiger partial charge in [-0.15, -0.1) is 22.9 Å². The summed E-state index contributed by atoms with van der Waals surface area (Å²) >= 11 is 9.89. The van der Waals surface area contributed by atoms with Gasteiger partial charge in [0.1, 0.15) is 5.01 Å². The van der Waals surface area contributed by atoms with Gasteiger partial charge in [0.15, 0.2) is 0 Å². The van der Waals surface area contributed by atoms with Crippen molar-refractivity contribution in [2.45, 2.75) is 5.88 Å². The van der Waals surface area contributed by atoms with Gasteiger partial charge in [-0.25, -0.2) is 4.98 Å². The van der Waals surface area contributed by atoms with Crippen LogP contribution in [0.15, 0.2) is 42.5 Å². The molecule has 0 amide bonds. The lowest BCUT2D eigenvalue weighted by atomic mass is 10.2. The lowest BCUT2D eigenvalue weighted by Crippen LogP contribution is -1.77. The number of hydrogen-bond acceptors (Lipinski definition) is 2. The molecule has 0 saturated heterocycles. The Hall–Kier alpha value is -0.650. The smallest absolute Gasteiger partial charge is 0.124 e. The molecule has 0 saturated carbocycles. The van der Waals surface area contributed by atoms with Gasteiger partial charge in [-0.05, 0) is 52.4 Å². The molecule has 0 bridgehead atoms. The van der Waals surface area contributed by atoms with E-state index in [2.05, 4.69) is 57.9 Å². The van der Waals surface area contributed by atoms with Gasteiger partial charge in [-0.3, -0.25) is 0 Å². The van der Waals surface area contributed by atoms with E-state index < -0.39 is 0 Å². The number of aromatic nitrogens is 1. The average molecular weight is 386 g/mol. The minimum absolute atomic E-state index is 0.548. The zero-order valence-corrected chi connectivity index (χ0v) is 13.1. The summed E-state index contributed by atoms with van der Waals surface area (Å²) in [7, 11) is 0. The summed E-state index contributed by atoms with van der Waals surface area (Å²) in [5.41, 5.74) is 3.36. The number of thiazole rings is 1. The maximum Gasteiger partial charge on any atom is 0.124 e. The van der Waals surface area contributed by atoms with Gasteiger partial charge in [0.25, 0.3) is 0 Å². The zero-order valence-electron chi connectivity index (χ0n) is 9.36. The van der Waals surface area contributed by atoms with Gasteiger partial charge < -0.3 is 0 Å². The average Bonchev–Trinajstić information content (AvgIpc) is 2.81. The van der Waals surface area contributed by atoms with Crippen molar-refractivity contribution in [3.63, 3.8) is 0 Å². The molecule has 90 valence electrons. The number of alkyl halides is 1. The van der Waals surface area contributed by atoms with Gasteiger partial charge in [0, 0.05) is 15.0 Å². The first kappa shape index (κ1) is 12.4. The second kappa shape index (κ2) is 5.15. The molecule has 0 aliphatic rings. The van der Waals surface area contributed by atoms with E-state index in [4.69, 9.17) is 11.6 Å². The van der Waals surface area contributed by atoms with Crippen molar-refractivity contribution in [2.75, 3.05) is 0 Å². The summed E-state index contributed by atoms with van der Waals surface area (Å²) in [4.78, 5) is 4.67. The van der Waals surface area contributed by atoms with E-state index >= 15 is 0 Å². The van der Waals surface area contributed by atoms with Gasteiger partial charge in [0.05, 0.1) is 10.2 Å². The Balaban J connectivity index is 2.13. The molecular weight excluding hydrogens is 377 g/mol. The number of nitrogens with zero attached hydrogens (tertiary/aromatic N) is 1. The van der Waals surface area contributed by atoms with E-state index in [0.717, 1.165) is 16.1 Å². The molecule has 3 aromatic rings. The van der Waals surface area contributed by atoms with Crippen LogP contribution in [0.5, 0.6) is 0 Å². The summed E-state index contributed by atoms with van der Waals surface area (Å²) in [6.45, 7) is 0. The van der Waals surface area contributed by atoms with E-state index in [-0.39, 0.29) is 0 Å². The Morgan fingerprint density at radius 3 is 2.83 bits per heavy atom. The van der Waals surface area contributed by atoms with Crippen LogP contribution in [-0.4, -0.2) is 4.98 Å². The minimum Gasteiger partial charge on any atom is -0.236 e. The monoisotopic (exact) mass is 385 g/mol. The maximum atomic E-state index is 5.86. The Morgan fingerprint density at radius 1 is 1.17 bits per heavy atom. The third-order valence-electron chi connectivity index (χ3n) is 2.68. The number of rotatable bonds is 2. The highest BCUT2D eigenvalue weighted by molar-refractivity contribution is 14.1. The molecule has 0 fully saturated rings. The highest BCUT2D eigenvalue weighted by atomic mass is 127. The normalized spacial score (nSPS) is 11.0. The fourth-order valence-electron chi connectivity index (χ4n) is 1.80. The van der Waals surface area contributed by atoms with Crippen LogP contribution in [0.25, 0.3) is 20.8 Å². The fraction of sp³-hybridized carbons (Fsp3) is 0.0714. The molecule has 2 aromatic carbocycles. The van der Waals surface area contributed by atoms with Crippen LogP contribution >= 0.6 is 45.5 Å². The second-order valence-corrected chi connectivity index (χ2v) is 6.51. The van der Waals surface area contributed by atoms with Crippen molar-refractivity contribution in [3.05, 3.63) is 51.6 Å². The molecule has 3 rings (SSSR count). The SMILES string of the molecule is ClCc1ccc2nc(-c3cccc(I)c3)sc2c1. The number of hydrogen-bond donors (Lipinski definition) is 0. The molecule has 1 nitrogen and oxygen atoms in total. The predicted molar refractivity (Wildman–Crippen MR) is 87.3 cm³/mol. The van der Waals surface area contributed by atoms with E-state index in [1.54, 1.807) is 11.3 Å². The van der Waals surface area contributed by atoms with Crippen molar-refractivity contribution in [2.24, 2.45) is 0 Å². The van der Waals surface area contributed by atoms with Crippen LogP contribution in [0.3, 0.4) is 0 Å². The highest BCUT2D eigenvalue weighted by Gasteiger charge is 2.07. The van der Waals surface area contributed by atoms with E-state index in [1.165, 1.54) is 13.8 Å². The first-order valence-electron chi connectivity index (χ1n) is 5.47. The summed E-state index contributed by atoms with van der Waals surface area (Å²) in [5.74, 6) is 0.548. The standard InChI is InChI=1S/C14H9ClINS/c15-8-9-4-5-12-13(6-9)18-14(17-12)10-2-1-3-11(16)7-10/h1-7H,8H2. The van der Waals surface area contributed by atoms with E-state index in [0.29, 0.717) is 5.88 Å². The molecule has 1 aromatic heterocycles. The molecule has 0 unspecified atom stereocenters. The minimum atomic E-state index is 0.548. The first-order chi connectivity index (χ1) is 8.76. The lowest BCUT2D eigenvalue weighted by Gasteiger charge is -1.95. The maximum absolute atomic E-state index is 5.86. The summed E-state index contributed by atoms with van der Waals surface area (Å²) in [6, 6.07) is 14.6. The largest absolute Gasteiger partial charge is 0.236 e. The third kappa shape index (κ3) is 2.39. The van der Waals surface area contributed by atoms with Crippen LogP contribution in [0, 0.1) is 3.57 Å². The van der Waals surface area contributed by atoms with Crippen LogP contribution in [0.1, 0.15) is 5.56 Å². The van der Waals surface area contributed by atoms with Crippen molar-refractivity contribution >= 4 is 55.7 Å². The first-order valence-corrected chi connectivity index (χ1v) is 7.90. The predicted octanol–water partition coefficient (Wildman–Crippen LogP) is 5.31. The van der Waals surface area contributed by atoms with Crippen molar-refractivity contribution in [3.8, 4) is 10.6 Å². The van der Waals surface area contributed by atoms with E-state index in [1.807, 2.05) is 12.1 Å². The number of benzene rings is 2. The summed E-state index contributed by atoms with van der Waals surface area (Å²) < 4.78 is 2.42. The summed E-state index contributed by atoms with van der Waals surface area (Å²) in [6.07, 6.45) is 0. The van der Waals surface area contributed by atoms with Gasteiger partial charge >= 0.3 is 0 Å². The second-order valence-electron chi connectivity index (χ2n) is 3.97. The van der Waals surface area contributed by atoms with Gasteiger partial charge in [0.2, 0.25) is 0 Å². The molecule has 0 atom stereocenters. The quantitative estimate of drug-likeness (QED) is 0.430. The third-order valence-corrected chi connectivity index (χ3v) is 4.73. The highest BCUT2D eigenvalue weighted by Crippen LogP contribution is 2.31. The topological polar surface area (TPSA) is 12.9 Å². The molecule has 18 heavy (non-hydrogen) atoms. The van der Waals surface area contributed by atoms with Gasteiger partial charge in [-0.1, -0.05) is 18.2 Å². The molecule has 1 heterocycles. The zero-order chi connectivity index (χ0) is 12.5. The molecular formula is C14H9ClINS. The van der Waals surface area contributed by atoms with Crippen LogP contribution < -0.4 is 0 Å². The molecule has 0 aliphatic heterocycles. The van der Waals surface area contributed by atoms with Crippen LogP contribution in [0.2, 0.25) is 0 Å². The van der Waals surface area contributed by atoms with E-state index in [9.17, 15) is 0 Å². The summed E-state index contributed by atoms with van der Waals surface area (Å²) in [5, 5.41) is 1.07. The van der Waals surface area contributed by atoms with Crippen LogP contribution in [0.4, 0.5) is 0 Å². The molecule has 0 radical (unpaired) electrons. The Bertz CT molecular complexity index is 708. The Labute approximate surface area is 128 Å². The molecule has 0 N–H and O–H groups in total. The lowest BCUT2D eigenvalue weighted by molar-refractivity contribution is 1.41. The van der Waals surface area contributed by atoms with Crippen molar-refractivity contribution in [1.82, 2.24) is 4.98 Å². The molecule has 0 spiro atoms. The van der Waals surface area contributed by atoms with Crippen LogP contribution in [-0.2, 0) is 5.88 Å². The fourth-order valence-corrected chi connectivity index (χ4v) is 3.53. The Morgan fingerprint density at radius 2 is 2.06 bits per heavy atom. The molecule has 0 aliphatic carbocycles.